The second-order valence-electron chi connectivity index (χ2n) is 12.6. The van der Waals surface area contributed by atoms with Gasteiger partial charge in [0, 0.05) is 32.8 Å². The third-order valence-corrected chi connectivity index (χ3v) is 9.53. The molecule has 9 rings (SSSR count). The predicted octanol–water partition coefficient (Wildman–Crippen LogP) is 11.8. The summed E-state index contributed by atoms with van der Waals surface area (Å²) in [5.41, 5.74) is 10.4. The van der Waals surface area contributed by atoms with E-state index in [9.17, 15) is 0 Å². The zero-order valence-corrected chi connectivity index (χ0v) is 28.2. The molecule has 0 fully saturated rings. The standard InChI is InChI=1S/C47H34N4/c1-2-39(48-40(34-19-8-4-9-20-34)31-29-33-17-6-3-7-18-33)41-25-16-28-45(49-41)51-43-27-15-13-24-38(43)46-44(51)32-30-37-36-23-12-14-26-42(36)50(47(37)46)35-21-10-5-11-22-35/h2-32H,1H3/b31-29+,39-2-,48-40+. The van der Waals surface area contributed by atoms with Gasteiger partial charge in [-0.2, -0.15) is 0 Å². The fraction of sp³-hybridized carbons (Fsp3) is 0.0213. The fourth-order valence-corrected chi connectivity index (χ4v) is 7.24. The van der Waals surface area contributed by atoms with E-state index in [-0.39, 0.29) is 0 Å². The van der Waals surface area contributed by atoms with Crippen LogP contribution in [0.4, 0.5) is 0 Å². The number of hydrogen-bond donors (Lipinski definition) is 0. The van der Waals surface area contributed by atoms with Crippen LogP contribution in [0.15, 0.2) is 187 Å². The maximum Gasteiger partial charge on any atom is 0.138 e. The minimum Gasteiger partial charge on any atom is -0.309 e. The highest BCUT2D eigenvalue weighted by molar-refractivity contribution is 6.26. The maximum absolute atomic E-state index is 5.31. The van der Waals surface area contributed by atoms with Crippen LogP contribution in [0.3, 0.4) is 0 Å². The van der Waals surface area contributed by atoms with Crippen LogP contribution in [0.5, 0.6) is 0 Å². The maximum atomic E-state index is 5.31. The summed E-state index contributed by atoms with van der Waals surface area (Å²) in [7, 11) is 0. The van der Waals surface area contributed by atoms with Gasteiger partial charge in [-0.1, -0.05) is 140 Å². The van der Waals surface area contributed by atoms with Gasteiger partial charge in [-0.25, -0.2) is 9.98 Å². The molecule has 0 atom stereocenters. The highest BCUT2D eigenvalue weighted by atomic mass is 15.1. The lowest BCUT2D eigenvalue weighted by atomic mass is 10.1. The first-order valence-electron chi connectivity index (χ1n) is 17.3. The summed E-state index contributed by atoms with van der Waals surface area (Å²) in [6.07, 6.45) is 6.23. The molecule has 6 aromatic carbocycles. The number of aliphatic imine (C=N–C) groups is 1. The molecule has 3 heterocycles. The molecule has 51 heavy (non-hydrogen) atoms. The van der Waals surface area contributed by atoms with Crippen molar-refractivity contribution < 1.29 is 0 Å². The number of para-hydroxylation sites is 3. The van der Waals surface area contributed by atoms with E-state index in [0.717, 1.165) is 50.8 Å². The Morgan fingerprint density at radius 1 is 0.549 bits per heavy atom. The summed E-state index contributed by atoms with van der Waals surface area (Å²) in [5, 5.41) is 4.86. The molecule has 242 valence electrons. The Morgan fingerprint density at radius 3 is 1.94 bits per heavy atom. The van der Waals surface area contributed by atoms with E-state index >= 15 is 0 Å². The van der Waals surface area contributed by atoms with Crippen molar-refractivity contribution >= 4 is 61.1 Å². The van der Waals surface area contributed by atoms with Crippen LogP contribution in [0, 0.1) is 0 Å². The molecule has 0 saturated carbocycles. The Labute approximate surface area is 296 Å². The summed E-state index contributed by atoms with van der Waals surface area (Å²) in [6, 6.07) is 59.4. The Balaban J connectivity index is 1.24. The summed E-state index contributed by atoms with van der Waals surface area (Å²) in [4.78, 5) is 10.5. The Hall–Kier alpha value is -6.78. The highest BCUT2D eigenvalue weighted by Gasteiger charge is 2.21. The third kappa shape index (κ3) is 5.34. The van der Waals surface area contributed by atoms with E-state index in [4.69, 9.17) is 9.98 Å². The lowest BCUT2D eigenvalue weighted by Crippen LogP contribution is -2.02. The molecule has 0 spiro atoms. The molecular formula is C47H34N4. The van der Waals surface area contributed by atoms with Gasteiger partial charge in [0.1, 0.15) is 5.82 Å². The van der Waals surface area contributed by atoms with Gasteiger partial charge >= 0.3 is 0 Å². The number of allylic oxidation sites excluding steroid dienone is 2. The largest absolute Gasteiger partial charge is 0.309 e. The molecule has 0 bridgehead atoms. The molecule has 0 aliphatic carbocycles. The van der Waals surface area contributed by atoms with E-state index in [1.807, 2.05) is 55.5 Å². The molecule has 0 radical (unpaired) electrons. The van der Waals surface area contributed by atoms with Crippen molar-refractivity contribution in [3.8, 4) is 11.5 Å². The first-order valence-corrected chi connectivity index (χ1v) is 17.3. The van der Waals surface area contributed by atoms with Gasteiger partial charge in [0.2, 0.25) is 0 Å². The molecule has 4 heteroatoms. The second kappa shape index (κ2) is 12.9. The monoisotopic (exact) mass is 654 g/mol. The number of pyridine rings is 1. The van der Waals surface area contributed by atoms with Crippen LogP contribution in [0.1, 0.15) is 23.7 Å². The molecule has 0 N–H and O–H groups in total. The second-order valence-corrected chi connectivity index (χ2v) is 12.6. The van der Waals surface area contributed by atoms with Crippen molar-refractivity contribution in [3.63, 3.8) is 0 Å². The Kier molecular flexibility index (Phi) is 7.67. The van der Waals surface area contributed by atoms with Gasteiger partial charge in [0.25, 0.3) is 0 Å². The molecular weight excluding hydrogens is 621 g/mol. The van der Waals surface area contributed by atoms with Crippen molar-refractivity contribution in [1.82, 2.24) is 14.1 Å². The van der Waals surface area contributed by atoms with Gasteiger partial charge in [0.05, 0.1) is 39.2 Å². The summed E-state index contributed by atoms with van der Waals surface area (Å²) in [5.74, 6) is 0.844. The summed E-state index contributed by atoms with van der Waals surface area (Å²) >= 11 is 0. The smallest absolute Gasteiger partial charge is 0.138 e. The summed E-state index contributed by atoms with van der Waals surface area (Å²) < 4.78 is 4.71. The molecule has 0 amide bonds. The zero-order chi connectivity index (χ0) is 34.1. The van der Waals surface area contributed by atoms with Crippen molar-refractivity contribution in [2.45, 2.75) is 6.92 Å². The van der Waals surface area contributed by atoms with E-state index in [0.29, 0.717) is 0 Å². The lowest BCUT2D eigenvalue weighted by Gasteiger charge is -2.11. The molecule has 9 aromatic rings. The number of rotatable bonds is 7. The van der Waals surface area contributed by atoms with E-state index in [1.165, 1.54) is 32.6 Å². The quantitative estimate of drug-likeness (QED) is 0.158. The molecule has 0 unspecified atom stereocenters. The van der Waals surface area contributed by atoms with Crippen molar-refractivity contribution in [3.05, 3.63) is 199 Å². The van der Waals surface area contributed by atoms with Crippen molar-refractivity contribution in [2.75, 3.05) is 0 Å². The molecule has 0 aliphatic rings. The van der Waals surface area contributed by atoms with Gasteiger partial charge in [-0.3, -0.25) is 4.57 Å². The van der Waals surface area contributed by atoms with Crippen LogP contribution in [-0.2, 0) is 0 Å². The van der Waals surface area contributed by atoms with E-state index in [2.05, 4.69) is 149 Å². The number of fused-ring (bicyclic) bond motifs is 7. The topological polar surface area (TPSA) is 35.1 Å². The predicted molar refractivity (Wildman–Crippen MR) is 215 cm³/mol. The Morgan fingerprint density at radius 2 is 1.20 bits per heavy atom. The minimum absolute atomic E-state index is 0.806. The van der Waals surface area contributed by atoms with Crippen LogP contribution in [0.2, 0.25) is 0 Å². The molecule has 0 aliphatic heterocycles. The number of benzene rings is 6. The van der Waals surface area contributed by atoms with Crippen LogP contribution >= 0.6 is 0 Å². The average Bonchev–Trinajstić information content (AvgIpc) is 3.72. The van der Waals surface area contributed by atoms with Crippen LogP contribution < -0.4 is 0 Å². The molecule has 0 saturated heterocycles. The van der Waals surface area contributed by atoms with Crippen LogP contribution in [-0.4, -0.2) is 19.8 Å². The van der Waals surface area contributed by atoms with Gasteiger partial charge in [-0.05, 0) is 61.0 Å². The van der Waals surface area contributed by atoms with Gasteiger partial charge in [0.15, 0.2) is 0 Å². The van der Waals surface area contributed by atoms with E-state index < -0.39 is 0 Å². The third-order valence-electron chi connectivity index (χ3n) is 9.53. The van der Waals surface area contributed by atoms with Gasteiger partial charge < -0.3 is 4.57 Å². The lowest BCUT2D eigenvalue weighted by molar-refractivity contribution is 1.06. The minimum atomic E-state index is 0.806. The number of hydrogen-bond acceptors (Lipinski definition) is 2. The van der Waals surface area contributed by atoms with Crippen molar-refractivity contribution in [1.29, 1.82) is 0 Å². The number of aromatic nitrogens is 3. The zero-order valence-electron chi connectivity index (χ0n) is 28.2. The highest BCUT2D eigenvalue weighted by Crippen LogP contribution is 2.41. The van der Waals surface area contributed by atoms with Crippen LogP contribution in [0.25, 0.3) is 66.9 Å². The molecule has 4 nitrogen and oxygen atoms in total. The van der Waals surface area contributed by atoms with Crippen molar-refractivity contribution in [2.24, 2.45) is 4.99 Å². The average molecular weight is 655 g/mol. The van der Waals surface area contributed by atoms with E-state index in [1.54, 1.807) is 0 Å². The normalized spacial score (nSPS) is 12.6. The first kappa shape index (κ1) is 30.3. The first-order chi connectivity index (χ1) is 25.3. The summed E-state index contributed by atoms with van der Waals surface area (Å²) in [6.45, 7) is 2.02. The SMILES string of the molecule is C\C=C(/N=C(\C=C\c1ccccc1)c1ccccc1)c1cccc(-n2c3ccccc3c3c2ccc2c4ccccc4n(-c4ccccc4)c23)n1. The fourth-order valence-electron chi connectivity index (χ4n) is 7.24. The number of nitrogens with zero attached hydrogens (tertiary/aromatic N) is 4. The Bertz CT molecular complexity index is 2780. The molecule has 3 aromatic heterocycles. The van der Waals surface area contributed by atoms with Gasteiger partial charge in [-0.15, -0.1) is 0 Å².